The van der Waals surface area contributed by atoms with E-state index >= 15 is 0 Å². The van der Waals surface area contributed by atoms with E-state index in [0.29, 0.717) is 5.92 Å². The average molecular weight is 148 g/mol. The van der Waals surface area contributed by atoms with Crippen molar-refractivity contribution in [2.24, 2.45) is 11.5 Å². The maximum absolute atomic E-state index is 5.72. The van der Waals surface area contributed by atoms with E-state index in [-0.39, 0.29) is 12.1 Å². The third-order valence-electron chi connectivity index (χ3n) is 2.32. The van der Waals surface area contributed by atoms with Gasteiger partial charge in [0.1, 0.15) is 0 Å². The highest BCUT2D eigenvalue weighted by Gasteiger charge is 2.45. The maximum Gasteiger partial charge on any atom is 0.0284 e. The summed E-state index contributed by atoms with van der Waals surface area (Å²) >= 11 is 0. The normalized spacial score (nSPS) is 35.3. The highest BCUT2D eigenvalue weighted by atomic mass is 14.9. The van der Waals surface area contributed by atoms with E-state index in [1.54, 1.807) is 0 Å². The van der Waals surface area contributed by atoms with Crippen molar-refractivity contribution in [3.8, 4) is 0 Å². The van der Waals surface area contributed by atoms with Gasteiger partial charge in [0, 0.05) is 18.0 Å². The van der Waals surface area contributed by atoms with Gasteiger partial charge in [-0.1, -0.05) is 30.3 Å². The van der Waals surface area contributed by atoms with Gasteiger partial charge in [-0.3, -0.25) is 0 Å². The van der Waals surface area contributed by atoms with Crippen LogP contribution in [-0.4, -0.2) is 12.1 Å². The van der Waals surface area contributed by atoms with Crippen LogP contribution in [0.3, 0.4) is 0 Å². The Hall–Kier alpha value is -0.860. The van der Waals surface area contributed by atoms with Crippen LogP contribution in [0.1, 0.15) is 11.5 Å². The molecule has 4 N–H and O–H groups in total. The van der Waals surface area contributed by atoms with E-state index in [4.69, 9.17) is 11.5 Å². The van der Waals surface area contributed by atoms with Crippen LogP contribution in [0, 0.1) is 0 Å². The van der Waals surface area contributed by atoms with Crippen LogP contribution in [0.5, 0.6) is 0 Å². The van der Waals surface area contributed by atoms with E-state index < -0.39 is 0 Å². The van der Waals surface area contributed by atoms with Crippen molar-refractivity contribution < 1.29 is 0 Å². The third-order valence-corrected chi connectivity index (χ3v) is 2.32. The molecule has 3 atom stereocenters. The van der Waals surface area contributed by atoms with Crippen LogP contribution in [0.2, 0.25) is 0 Å². The molecule has 0 saturated heterocycles. The fourth-order valence-corrected chi connectivity index (χ4v) is 1.48. The lowest BCUT2D eigenvalue weighted by Gasteiger charge is -1.95. The van der Waals surface area contributed by atoms with Crippen molar-refractivity contribution in [3.63, 3.8) is 0 Å². The fourth-order valence-electron chi connectivity index (χ4n) is 1.48. The van der Waals surface area contributed by atoms with Crippen molar-refractivity contribution in [2.45, 2.75) is 18.0 Å². The van der Waals surface area contributed by atoms with Gasteiger partial charge in [-0.15, -0.1) is 0 Å². The molecule has 1 aromatic carbocycles. The van der Waals surface area contributed by atoms with Gasteiger partial charge in [0.2, 0.25) is 0 Å². The van der Waals surface area contributed by atoms with Crippen molar-refractivity contribution in [3.05, 3.63) is 35.9 Å². The molecule has 1 unspecified atom stereocenters. The highest BCUT2D eigenvalue weighted by Crippen LogP contribution is 2.37. The third kappa shape index (κ3) is 1.04. The predicted octanol–water partition coefficient (Wildman–Crippen LogP) is 0.438. The predicted molar refractivity (Wildman–Crippen MR) is 45.1 cm³/mol. The maximum atomic E-state index is 5.72. The SMILES string of the molecule is N[C@@H]1C(c2ccccc2)[C@@H]1N. The second-order valence-corrected chi connectivity index (χ2v) is 3.09. The zero-order valence-electron chi connectivity index (χ0n) is 6.27. The second-order valence-electron chi connectivity index (χ2n) is 3.09. The lowest BCUT2D eigenvalue weighted by atomic mass is 10.1. The number of nitrogens with two attached hydrogens (primary N) is 2. The number of hydrogen-bond acceptors (Lipinski definition) is 2. The summed E-state index contributed by atoms with van der Waals surface area (Å²) in [6.45, 7) is 0. The van der Waals surface area contributed by atoms with Gasteiger partial charge in [0.05, 0.1) is 0 Å². The Bertz CT molecular complexity index is 237. The van der Waals surface area contributed by atoms with Crippen LogP contribution < -0.4 is 11.5 Å². The molecule has 0 aliphatic heterocycles. The minimum Gasteiger partial charge on any atom is -0.326 e. The number of benzene rings is 1. The smallest absolute Gasteiger partial charge is 0.0284 e. The molecular weight excluding hydrogens is 136 g/mol. The molecule has 58 valence electrons. The summed E-state index contributed by atoms with van der Waals surface area (Å²) in [5.74, 6) is 0.399. The monoisotopic (exact) mass is 148 g/mol. The highest BCUT2D eigenvalue weighted by molar-refractivity contribution is 5.32. The minimum atomic E-state index is 0.178. The molecule has 1 aliphatic carbocycles. The first-order valence-corrected chi connectivity index (χ1v) is 3.87. The van der Waals surface area contributed by atoms with Crippen molar-refractivity contribution >= 4 is 0 Å². The molecule has 0 amide bonds. The fraction of sp³-hybridized carbons (Fsp3) is 0.333. The van der Waals surface area contributed by atoms with Crippen molar-refractivity contribution in [1.82, 2.24) is 0 Å². The lowest BCUT2D eigenvalue weighted by molar-refractivity contribution is 0.962. The van der Waals surface area contributed by atoms with E-state index in [2.05, 4.69) is 12.1 Å². The topological polar surface area (TPSA) is 52.0 Å². The first kappa shape index (κ1) is 6.83. The summed E-state index contributed by atoms with van der Waals surface area (Å²) in [5, 5.41) is 0. The Morgan fingerprint density at radius 1 is 0.909 bits per heavy atom. The lowest BCUT2D eigenvalue weighted by Crippen LogP contribution is -2.12. The summed E-state index contributed by atoms with van der Waals surface area (Å²) in [4.78, 5) is 0. The number of hydrogen-bond donors (Lipinski definition) is 2. The van der Waals surface area contributed by atoms with Gasteiger partial charge in [-0.05, 0) is 5.56 Å². The molecule has 1 aliphatic rings. The van der Waals surface area contributed by atoms with E-state index in [1.165, 1.54) is 5.56 Å². The molecule has 0 bridgehead atoms. The summed E-state index contributed by atoms with van der Waals surface area (Å²) in [7, 11) is 0. The Kier molecular flexibility index (Phi) is 1.44. The molecule has 2 nitrogen and oxygen atoms in total. The van der Waals surface area contributed by atoms with E-state index in [9.17, 15) is 0 Å². The Balaban J connectivity index is 2.20. The molecule has 0 spiro atoms. The van der Waals surface area contributed by atoms with E-state index in [1.807, 2.05) is 18.2 Å². The van der Waals surface area contributed by atoms with Crippen LogP contribution in [0.25, 0.3) is 0 Å². The molecule has 11 heavy (non-hydrogen) atoms. The van der Waals surface area contributed by atoms with Gasteiger partial charge in [-0.2, -0.15) is 0 Å². The molecule has 0 aromatic heterocycles. The van der Waals surface area contributed by atoms with Crippen LogP contribution in [0.4, 0.5) is 0 Å². The van der Waals surface area contributed by atoms with E-state index in [0.717, 1.165) is 0 Å². The molecule has 1 fully saturated rings. The Morgan fingerprint density at radius 2 is 1.45 bits per heavy atom. The molecule has 0 radical (unpaired) electrons. The number of rotatable bonds is 1. The van der Waals surface area contributed by atoms with Crippen LogP contribution in [0.15, 0.2) is 30.3 Å². The Morgan fingerprint density at radius 3 is 1.91 bits per heavy atom. The summed E-state index contributed by atoms with van der Waals surface area (Å²) in [6.07, 6.45) is 0. The zero-order valence-corrected chi connectivity index (χ0v) is 6.27. The van der Waals surface area contributed by atoms with Crippen LogP contribution >= 0.6 is 0 Å². The molecule has 0 heterocycles. The van der Waals surface area contributed by atoms with Gasteiger partial charge in [-0.25, -0.2) is 0 Å². The summed E-state index contributed by atoms with van der Waals surface area (Å²) < 4.78 is 0. The minimum absolute atomic E-state index is 0.178. The molecule has 2 heteroatoms. The van der Waals surface area contributed by atoms with Gasteiger partial charge < -0.3 is 11.5 Å². The standard InChI is InChI=1S/C9H12N2/c10-8-7(9(8)11)6-4-2-1-3-5-6/h1-5,7-9H,10-11H2/t7?,8-,9+. The van der Waals surface area contributed by atoms with Crippen molar-refractivity contribution in [1.29, 1.82) is 0 Å². The zero-order chi connectivity index (χ0) is 7.84. The Labute approximate surface area is 66.2 Å². The molecule has 1 saturated carbocycles. The average Bonchev–Trinajstić information content (AvgIpc) is 2.62. The quantitative estimate of drug-likeness (QED) is 0.607. The molecular formula is C9H12N2. The van der Waals surface area contributed by atoms with Crippen molar-refractivity contribution in [2.75, 3.05) is 0 Å². The summed E-state index contributed by atoms with van der Waals surface area (Å²) in [6, 6.07) is 10.6. The summed E-state index contributed by atoms with van der Waals surface area (Å²) in [5.41, 5.74) is 12.7. The molecule has 1 aromatic rings. The molecule has 2 rings (SSSR count). The first-order chi connectivity index (χ1) is 5.30. The van der Waals surface area contributed by atoms with Gasteiger partial charge >= 0.3 is 0 Å². The largest absolute Gasteiger partial charge is 0.326 e. The second kappa shape index (κ2) is 2.32. The van der Waals surface area contributed by atoms with Gasteiger partial charge in [0.25, 0.3) is 0 Å². The van der Waals surface area contributed by atoms with Crippen LogP contribution in [-0.2, 0) is 0 Å². The first-order valence-electron chi connectivity index (χ1n) is 3.87. The van der Waals surface area contributed by atoms with Gasteiger partial charge in [0.15, 0.2) is 0 Å².